The predicted molar refractivity (Wildman–Crippen MR) is 157 cm³/mol. The van der Waals surface area contributed by atoms with E-state index in [0.717, 1.165) is 84.1 Å². The molecular weight excluding hydrogens is 524 g/mol. The van der Waals surface area contributed by atoms with Gasteiger partial charge in [-0.3, -0.25) is 9.59 Å². The number of imide groups is 1. The zero-order valence-electron chi connectivity index (χ0n) is 24.4. The van der Waals surface area contributed by atoms with Crippen LogP contribution in [0.25, 0.3) is 0 Å². The Morgan fingerprint density at radius 3 is 1.71 bits per heavy atom. The van der Waals surface area contributed by atoms with Crippen LogP contribution in [0.3, 0.4) is 0 Å². The number of benzene rings is 1. The van der Waals surface area contributed by atoms with Crippen LogP contribution in [0, 0.1) is 5.41 Å². The van der Waals surface area contributed by atoms with E-state index < -0.39 is 17.8 Å². The molecule has 12 heteroatoms. The Hall–Kier alpha value is -2.45. The number of hydrogen-bond donors (Lipinski definition) is 7. The third kappa shape index (κ3) is 9.27. The van der Waals surface area contributed by atoms with Gasteiger partial charge in [0.2, 0.25) is 0 Å². The maximum atomic E-state index is 12.5. The number of nitrogens with one attached hydrogen (secondary N) is 7. The Kier molecular flexibility index (Phi) is 12.0. The highest BCUT2D eigenvalue weighted by Crippen LogP contribution is 2.22. The van der Waals surface area contributed by atoms with Crippen molar-refractivity contribution in [3.8, 4) is 0 Å². The highest BCUT2D eigenvalue weighted by atomic mass is 16.7. The van der Waals surface area contributed by atoms with Gasteiger partial charge in [-0.25, -0.2) is 4.79 Å². The summed E-state index contributed by atoms with van der Waals surface area (Å²) < 4.78 is 0. The fourth-order valence-electron chi connectivity index (χ4n) is 5.77. The van der Waals surface area contributed by atoms with Crippen LogP contribution in [0.2, 0.25) is 0 Å². The monoisotopic (exact) mass is 572 g/mol. The van der Waals surface area contributed by atoms with Crippen molar-refractivity contribution < 1.29 is 19.2 Å². The largest absolute Gasteiger partial charge is 0.363 e. The number of fused-ring (bicyclic) bond motifs is 15. The van der Waals surface area contributed by atoms with Crippen molar-refractivity contribution in [2.45, 2.75) is 44.7 Å². The molecule has 2 bridgehead atoms. The maximum absolute atomic E-state index is 12.5. The second kappa shape index (κ2) is 15.7. The van der Waals surface area contributed by atoms with Crippen LogP contribution < -0.4 is 37.2 Å². The van der Waals surface area contributed by atoms with Gasteiger partial charge in [-0.2, -0.15) is 0 Å². The van der Waals surface area contributed by atoms with Gasteiger partial charge in [0.15, 0.2) is 0 Å². The van der Waals surface area contributed by atoms with Gasteiger partial charge in [0.1, 0.15) is 0 Å². The molecule has 0 saturated carbocycles. The molecule has 228 valence electrons. The van der Waals surface area contributed by atoms with Crippen molar-refractivity contribution in [3.05, 3.63) is 35.4 Å². The highest BCUT2D eigenvalue weighted by molar-refractivity contribution is 6.02. The molecule has 4 heterocycles. The summed E-state index contributed by atoms with van der Waals surface area (Å²) in [6.07, 6.45) is 2.49. The van der Waals surface area contributed by atoms with E-state index in [-0.39, 0.29) is 29.4 Å². The van der Waals surface area contributed by atoms with Gasteiger partial charge in [0.25, 0.3) is 11.8 Å². The quantitative estimate of drug-likeness (QED) is 0.204. The van der Waals surface area contributed by atoms with Crippen molar-refractivity contribution in [1.82, 2.24) is 42.3 Å². The summed E-state index contributed by atoms with van der Waals surface area (Å²) in [5.41, 5.74) is 1.26. The molecule has 0 aliphatic carbocycles. The zero-order chi connectivity index (χ0) is 29.0. The molecule has 1 aromatic rings. The van der Waals surface area contributed by atoms with Crippen LogP contribution in [-0.4, -0.2) is 107 Å². The SMILES string of the molecule is CCCC12CNCCNCC(NCc3ccc(C(=O)ON4C(=O)CCC4=O)cc3)(CNCCNC1)CNCCNC2. The third-order valence-corrected chi connectivity index (χ3v) is 8.14. The topological polar surface area (TPSA) is 148 Å². The predicted octanol–water partition coefficient (Wildman–Crippen LogP) is -0.913. The van der Waals surface area contributed by atoms with Crippen molar-refractivity contribution in [2.24, 2.45) is 5.41 Å². The van der Waals surface area contributed by atoms with Crippen LogP contribution in [-0.2, 0) is 21.0 Å². The summed E-state index contributed by atoms with van der Waals surface area (Å²) in [5.74, 6) is -1.70. The minimum absolute atomic E-state index is 0.0697. The molecule has 5 rings (SSSR count). The van der Waals surface area contributed by atoms with E-state index in [2.05, 4.69) is 44.1 Å². The van der Waals surface area contributed by atoms with E-state index in [1.807, 2.05) is 12.1 Å². The summed E-state index contributed by atoms with van der Waals surface area (Å²) in [6, 6.07) is 7.07. The van der Waals surface area contributed by atoms with E-state index in [1.54, 1.807) is 12.1 Å². The molecule has 0 aromatic heterocycles. The molecule has 1 aromatic carbocycles. The first-order valence-electron chi connectivity index (χ1n) is 15.1. The van der Waals surface area contributed by atoms with Crippen LogP contribution in [0.1, 0.15) is 48.5 Å². The lowest BCUT2D eigenvalue weighted by Crippen LogP contribution is -2.64. The number of nitrogens with zero attached hydrogens (tertiary/aromatic N) is 1. The number of rotatable bonds is 7. The van der Waals surface area contributed by atoms with Gasteiger partial charge in [0.05, 0.1) is 11.1 Å². The van der Waals surface area contributed by atoms with Gasteiger partial charge in [-0.1, -0.05) is 25.5 Å². The minimum atomic E-state index is -0.718. The molecule has 7 N–H and O–H groups in total. The van der Waals surface area contributed by atoms with Crippen molar-refractivity contribution >= 4 is 17.8 Å². The number of amides is 2. The lowest BCUT2D eigenvalue weighted by Gasteiger charge is -2.38. The lowest BCUT2D eigenvalue weighted by atomic mass is 9.82. The first-order valence-corrected chi connectivity index (χ1v) is 15.1. The molecule has 4 aliphatic rings. The number of carbonyl (C=O) groups is 3. The fourth-order valence-corrected chi connectivity index (χ4v) is 5.77. The van der Waals surface area contributed by atoms with E-state index in [0.29, 0.717) is 11.6 Å². The van der Waals surface area contributed by atoms with Crippen molar-refractivity contribution in [3.63, 3.8) is 0 Å². The molecule has 4 aliphatic heterocycles. The normalized spacial score (nSPS) is 27.4. The van der Waals surface area contributed by atoms with Crippen LogP contribution in [0.4, 0.5) is 0 Å². The maximum Gasteiger partial charge on any atom is 0.363 e. The third-order valence-electron chi connectivity index (χ3n) is 8.14. The number of carbonyl (C=O) groups excluding carboxylic acids is 3. The van der Waals surface area contributed by atoms with Crippen LogP contribution in [0.15, 0.2) is 24.3 Å². The molecule has 4 saturated heterocycles. The number of hydrogen-bond acceptors (Lipinski definition) is 11. The van der Waals surface area contributed by atoms with Crippen molar-refractivity contribution in [2.75, 3.05) is 78.5 Å². The molecule has 0 radical (unpaired) electrons. The molecule has 0 unspecified atom stereocenters. The highest BCUT2D eigenvalue weighted by Gasteiger charge is 2.34. The minimum Gasteiger partial charge on any atom is -0.325 e. The lowest BCUT2D eigenvalue weighted by molar-refractivity contribution is -0.172. The van der Waals surface area contributed by atoms with E-state index in [1.165, 1.54) is 12.8 Å². The summed E-state index contributed by atoms with van der Waals surface area (Å²) >= 11 is 0. The van der Waals surface area contributed by atoms with Crippen molar-refractivity contribution in [1.29, 1.82) is 0 Å². The molecule has 2 amide bonds. The fraction of sp³-hybridized carbons (Fsp3) is 0.690. The standard InChI is InChI=1S/C29H48N8O4/c1-2-9-28-17-30-10-13-33-20-29(21-34-14-11-31-18-28,22-35-15-12-32-19-28)36-16-23-3-5-24(6-4-23)27(40)41-37-25(38)7-8-26(37)39/h3-6,30-36H,2,7-22H2,1H3. The van der Waals surface area contributed by atoms with E-state index in [4.69, 9.17) is 4.84 Å². The average molecular weight is 573 g/mol. The van der Waals surface area contributed by atoms with Gasteiger partial charge < -0.3 is 42.1 Å². The Morgan fingerprint density at radius 1 is 0.780 bits per heavy atom. The summed E-state index contributed by atoms with van der Waals surface area (Å²) in [7, 11) is 0. The first-order chi connectivity index (χ1) is 19.9. The molecule has 41 heavy (non-hydrogen) atoms. The Labute approximate surface area is 243 Å². The van der Waals surface area contributed by atoms with E-state index >= 15 is 0 Å². The Morgan fingerprint density at radius 2 is 1.24 bits per heavy atom. The molecule has 0 atom stereocenters. The molecule has 4 fully saturated rings. The Balaban J connectivity index is 1.39. The van der Waals surface area contributed by atoms with E-state index in [9.17, 15) is 14.4 Å². The second-order valence-electron chi connectivity index (χ2n) is 11.6. The second-order valence-corrected chi connectivity index (χ2v) is 11.6. The van der Waals surface area contributed by atoms with Gasteiger partial charge in [0, 0.05) is 103 Å². The van der Waals surface area contributed by atoms with Gasteiger partial charge in [-0.15, -0.1) is 5.06 Å². The summed E-state index contributed by atoms with van der Waals surface area (Å²) in [6.45, 7) is 13.6. The molecular formula is C29H48N8O4. The van der Waals surface area contributed by atoms with Crippen LogP contribution >= 0.6 is 0 Å². The smallest absolute Gasteiger partial charge is 0.325 e. The Bertz CT molecular complexity index is 945. The first kappa shape index (κ1) is 31.5. The molecule has 12 nitrogen and oxygen atoms in total. The van der Waals surface area contributed by atoms with Gasteiger partial charge >= 0.3 is 5.97 Å². The summed E-state index contributed by atoms with van der Waals surface area (Å²) in [4.78, 5) is 41.1. The van der Waals surface area contributed by atoms with Gasteiger partial charge in [-0.05, 0) is 24.1 Å². The molecule has 0 spiro atoms. The summed E-state index contributed by atoms with van der Waals surface area (Å²) in [5, 5.41) is 26.6. The number of hydroxylamine groups is 2. The average Bonchev–Trinajstić information content (AvgIpc) is 3.29. The zero-order valence-corrected chi connectivity index (χ0v) is 24.4. The van der Waals surface area contributed by atoms with Crippen LogP contribution in [0.5, 0.6) is 0 Å².